The summed E-state index contributed by atoms with van der Waals surface area (Å²) >= 11 is 6.25. The van der Waals surface area contributed by atoms with E-state index in [0.717, 1.165) is 17.7 Å². The molecule has 1 unspecified atom stereocenters. The maximum Gasteiger partial charge on any atom is 0.223 e. The summed E-state index contributed by atoms with van der Waals surface area (Å²) in [6.45, 7) is 4.19. The van der Waals surface area contributed by atoms with Gasteiger partial charge in [-0.3, -0.25) is 0 Å². The Morgan fingerprint density at radius 2 is 2.19 bits per heavy atom. The Labute approximate surface area is 127 Å². The van der Waals surface area contributed by atoms with Gasteiger partial charge in [0.05, 0.1) is 18.8 Å². The molecule has 1 fully saturated rings. The molecule has 6 nitrogen and oxygen atoms in total. The van der Waals surface area contributed by atoms with E-state index in [1.165, 1.54) is 6.33 Å². The minimum Gasteiger partial charge on any atom is -0.378 e. The van der Waals surface area contributed by atoms with Crippen molar-refractivity contribution in [3.05, 3.63) is 35.1 Å². The number of anilines is 1. The minimum absolute atomic E-state index is 0.187. The molecule has 0 radical (unpaired) electrons. The summed E-state index contributed by atoms with van der Waals surface area (Å²) in [6.07, 6.45) is 1.39. The molecule has 3 rings (SSSR count). The van der Waals surface area contributed by atoms with E-state index in [0.29, 0.717) is 24.1 Å². The smallest absolute Gasteiger partial charge is 0.223 e. The number of aromatic nitrogens is 3. The van der Waals surface area contributed by atoms with Gasteiger partial charge in [0.2, 0.25) is 5.95 Å². The first-order valence-electron chi connectivity index (χ1n) is 6.65. The van der Waals surface area contributed by atoms with Gasteiger partial charge in [-0.05, 0) is 30.7 Å². The Hall–Kier alpha value is -1.76. The average molecular weight is 306 g/mol. The zero-order chi connectivity index (χ0) is 14.9. The monoisotopic (exact) mass is 305 g/mol. The maximum absolute atomic E-state index is 6.25. The van der Waals surface area contributed by atoms with Gasteiger partial charge in [-0.1, -0.05) is 11.6 Å². The van der Waals surface area contributed by atoms with Crippen LogP contribution < -0.4 is 11.1 Å². The number of rotatable bonds is 2. The Morgan fingerprint density at radius 3 is 2.90 bits per heavy atom. The molecule has 7 heteroatoms. The maximum atomic E-state index is 6.25. The van der Waals surface area contributed by atoms with E-state index in [-0.39, 0.29) is 11.5 Å². The fraction of sp³-hybridized carbons (Fsp3) is 0.357. The van der Waals surface area contributed by atoms with Crippen LogP contribution >= 0.6 is 11.6 Å². The highest BCUT2D eigenvalue weighted by Gasteiger charge is 2.30. The van der Waals surface area contributed by atoms with Crippen molar-refractivity contribution in [3.63, 3.8) is 0 Å². The van der Waals surface area contributed by atoms with Gasteiger partial charge < -0.3 is 15.8 Å². The molecule has 1 saturated heterocycles. The number of nitrogens with one attached hydrogen (secondary N) is 1. The van der Waals surface area contributed by atoms with E-state index < -0.39 is 0 Å². The summed E-state index contributed by atoms with van der Waals surface area (Å²) in [7, 11) is 0. The minimum atomic E-state index is -0.281. The van der Waals surface area contributed by atoms with Crippen LogP contribution in [0.4, 0.5) is 5.95 Å². The van der Waals surface area contributed by atoms with E-state index in [2.05, 4.69) is 27.2 Å². The van der Waals surface area contributed by atoms with Crippen molar-refractivity contribution in [1.82, 2.24) is 20.3 Å². The van der Waals surface area contributed by atoms with Crippen LogP contribution in [0.1, 0.15) is 12.5 Å². The van der Waals surface area contributed by atoms with E-state index >= 15 is 0 Å². The van der Waals surface area contributed by atoms with Gasteiger partial charge in [-0.15, -0.1) is 0 Å². The highest BCUT2D eigenvalue weighted by atomic mass is 35.5. The van der Waals surface area contributed by atoms with Crippen molar-refractivity contribution in [2.75, 3.05) is 25.5 Å². The Bertz CT molecular complexity index is 658. The second-order valence-corrected chi connectivity index (χ2v) is 5.64. The molecule has 3 N–H and O–H groups in total. The second-order valence-electron chi connectivity index (χ2n) is 5.21. The predicted molar refractivity (Wildman–Crippen MR) is 80.9 cm³/mol. The van der Waals surface area contributed by atoms with E-state index in [4.69, 9.17) is 22.1 Å². The zero-order valence-corrected chi connectivity index (χ0v) is 12.4. The lowest BCUT2D eigenvalue weighted by atomic mass is 9.90. The number of nitrogen functional groups attached to an aromatic ring is 1. The van der Waals surface area contributed by atoms with Gasteiger partial charge in [0.15, 0.2) is 5.82 Å². The summed E-state index contributed by atoms with van der Waals surface area (Å²) in [5.41, 5.74) is 7.17. The predicted octanol–water partition coefficient (Wildman–Crippen LogP) is 1.61. The Balaban J connectivity index is 2.04. The third-order valence-electron chi connectivity index (χ3n) is 3.54. The number of ether oxygens (including phenoxy) is 1. The Morgan fingerprint density at radius 1 is 1.33 bits per heavy atom. The largest absolute Gasteiger partial charge is 0.378 e. The average Bonchev–Trinajstić information content (AvgIpc) is 2.47. The molecule has 2 aromatic rings. The van der Waals surface area contributed by atoms with Crippen LogP contribution in [0, 0.1) is 0 Å². The lowest BCUT2D eigenvalue weighted by molar-refractivity contribution is 0.0339. The van der Waals surface area contributed by atoms with Gasteiger partial charge in [-0.25, -0.2) is 9.97 Å². The normalized spacial score (nSPS) is 22.2. The molecule has 1 aliphatic heterocycles. The van der Waals surface area contributed by atoms with E-state index in [1.54, 1.807) is 0 Å². The number of hydrogen-bond donors (Lipinski definition) is 2. The van der Waals surface area contributed by atoms with Crippen molar-refractivity contribution in [2.45, 2.75) is 12.5 Å². The first-order valence-corrected chi connectivity index (χ1v) is 7.03. The Kier molecular flexibility index (Phi) is 3.75. The van der Waals surface area contributed by atoms with Gasteiger partial charge in [0, 0.05) is 17.1 Å². The zero-order valence-electron chi connectivity index (χ0n) is 11.6. The summed E-state index contributed by atoms with van der Waals surface area (Å²) in [4.78, 5) is 12.1. The third kappa shape index (κ3) is 2.97. The highest BCUT2D eigenvalue weighted by Crippen LogP contribution is 2.30. The second kappa shape index (κ2) is 5.55. The van der Waals surface area contributed by atoms with Crippen LogP contribution in [0.2, 0.25) is 5.02 Å². The van der Waals surface area contributed by atoms with E-state index in [1.807, 2.05) is 18.2 Å². The van der Waals surface area contributed by atoms with E-state index in [9.17, 15) is 0 Å². The summed E-state index contributed by atoms with van der Waals surface area (Å²) < 4.78 is 5.58. The molecule has 0 saturated carbocycles. The fourth-order valence-electron chi connectivity index (χ4n) is 2.40. The number of halogens is 1. The molecule has 1 aromatic heterocycles. The molecule has 1 aliphatic rings. The molecular formula is C14H16ClN5O. The lowest BCUT2D eigenvalue weighted by Crippen LogP contribution is -2.49. The first kappa shape index (κ1) is 14.2. The number of nitrogens with zero attached hydrogens (tertiary/aromatic N) is 3. The molecule has 0 aliphatic carbocycles. The van der Waals surface area contributed by atoms with Crippen molar-refractivity contribution < 1.29 is 4.74 Å². The molecule has 21 heavy (non-hydrogen) atoms. The van der Waals surface area contributed by atoms with Crippen LogP contribution in [-0.4, -0.2) is 34.7 Å². The molecule has 1 aromatic carbocycles. The molecule has 0 spiro atoms. The number of morpholine rings is 1. The molecular weight excluding hydrogens is 290 g/mol. The molecule has 0 bridgehead atoms. The van der Waals surface area contributed by atoms with Crippen LogP contribution in [0.3, 0.4) is 0 Å². The van der Waals surface area contributed by atoms with Crippen LogP contribution in [0.25, 0.3) is 11.4 Å². The van der Waals surface area contributed by atoms with Crippen molar-refractivity contribution in [2.24, 2.45) is 0 Å². The van der Waals surface area contributed by atoms with Crippen LogP contribution in [0.5, 0.6) is 0 Å². The van der Waals surface area contributed by atoms with Crippen molar-refractivity contribution >= 4 is 17.5 Å². The summed E-state index contributed by atoms with van der Waals surface area (Å²) in [6, 6.07) is 5.74. The standard InChI is InChI=1S/C14H16ClN5O/c1-14(7-21-3-2-19-14)10-4-9(5-11(15)6-10)12-17-8-18-13(16)20-12/h4-6,8,19H,2-3,7H2,1H3,(H2,16,17,18,20). The number of benzene rings is 1. The number of nitrogens with two attached hydrogens (primary N) is 1. The third-order valence-corrected chi connectivity index (χ3v) is 3.75. The fourth-order valence-corrected chi connectivity index (χ4v) is 2.63. The molecule has 110 valence electrons. The van der Waals surface area contributed by atoms with Crippen LogP contribution in [-0.2, 0) is 10.3 Å². The SMILES string of the molecule is CC1(c2cc(Cl)cc(-c3ncnc(N)n3)c2)COCCN1. The molecule has 0 amide bonds. The highest BCUT2D eigenvalue weighted by molar-refractivity contribution is 6.31. The number of hydrogen-bond acceptors (Lipinski definition) is 6. The van der Waals surface area contributed by atoms with Gasteiger partial charge in [-0.2, -0.15) is 4.98 Å². The van der Waals surface area contributed by atoms with Gasteiger partial charge in [0.1, 0.15) is 6.33 Å². The van der Waals surface area contributed by atoms with Crippen LogP contribution in [0.15, 0.2) is 24.5 Å². The molecule has 2 heterocycles. The summed E-state index contributed by atoms with van der Waals surface area (Å²) in [5, 5.41) is 4.09. The van der Waals surface area contributed by atoms with Gasteiger partial charge in [0.25, 0.3) is 0 Å². The lowest BCUT2D eigenvalue weighted by Gasteiger charge is -2.35. The first-order chi connectivity index (χ1) is 10.1. The molecule has 1 atom stereocenters. The van der Waals surface area contributed by atoms with Gasteiger partial charge >= 0.3 is 0 Å². The van der Waals surface area contributed by atoms with Crippen molar-refractivity contribution in [1.29, 1.82) is 0 Å². The van der Waals surface area contributed by atoms with Crippen molar-refractivity contribution in [3.8, 4) is 11.4 Å². The topological polar surface area (TPSA) is 86.0 Å². The quantitative estimate of drug-likeness (QED) is 0.876. The summed E-state index contributed by atoms with van der Waals surface area (Å²) in [5.74, 6) is 0.693.